The van der Waals surface area contributed by atoms with E-state index in [1.165, 1.54) is 12.4 Å². The van der Waals surface area contributed by atoms with Crippen molar-refractivity contribution in [1.82, 2.24) is 0 Å². The Balaban J connectivity index is 2.90. The van der Waals surface area contributed by atoms with Crippen LogP contribution in [0.3, 0.4) is 0 Å². The van der Waals surface area contributed by atoms with E-state index in [4.69, 9.17) is 5.73 Å². The van der Waals surface area contributed by atoms with Crippen molar-refractivity contribution in [3.8, 4) is 0 Å². The van der Waals surface area contributed by atoms with E-state index in [0.29, 0.717) is 0 Å². The van der Waals surface area contributed by atoms with Crippen molar-refractivity contribution in [1.29, 1.82) is 0 Å². The second-order valence-electron chi connectivity index (χ2n) is 4.19. The molecule has 4 heteroatoms. The largest absolute Gasteiger partial charge is 0.366 e. The zero-order valence-electron chi connectivity index (χ0n) is 12.7. The highest BCUT2D eigenvalue weighted by Gasteiger charge is 1.97. The summed E-state index contributed by atoms with van der Waals surface area (Å²) in [6, 6.07) is 0. The number of amides is 1. The Morgan fingerprint density at radius 2 is 1.09 bits per heavy atom. The third-order valence-electron chi connectivity index (χ3n) is 2.42. The minimum atomic E-state index is -0.560. The number of allylic oxidation sites excluding steroid dienone is 14. The fourth-order valence-electron chi connectivity index (χ4n) is 1.34. The molecule has 2 N–H and O–H groups in total. The number of hydrogen-bond donors (Lipinski definition) is 1. The first-order chi connectivity index (χ1) is 11.3. The number of nitrogens with two attached hydrogens (primary N) is 1. The molecule has 116 valence electrons. The van der Waals surface area contributed by atoms with Crippen LogP contribution in [0.25, 0.3) is 0 Å². The predicted octanol–water partition coefficient (Wildman–Crippen LogP) is 4.23. The first-order valence-electron chi connectivity index (χ1n) is 7.04. The molecule has 0 saturated heterocycles. The summed E-state index contributed by atoms with van der Waals surface area (Å²) in [6.07, 6.45) is 30.5. The van der Waals surface area contributed by atoms with E-state index in [0.717, 1.165) is 0 Å². The van der Waals surface area contributed by atoms with Crippen LogP contribution in [-0.2, 0) is 4.79 Å². The molecule has 0 aliphatic carbocycles. The Morgan fingerprint density at radius 3 is 1.57 bits per heavy atom. The highest BCUT2D eigenvalue weighted by Crippen LogP contribution is 1.98. The maximum Gasteiger partial charge on any atom is 0.250 e. The van der Waals surface area contributed by atoms with Gasteiger partial charge < -0.3 is 5.73 Å². The van der Waals surface area contributed by atoms with Gasteiger partial charge in [-0.3, -0.25) is 4.79 Å². The highest BCUT2D eigenvalue weighted by molar-refractivity contribution is 5.94. The normalized spacial score (nSPS) is 30.5. The van der Waals surface area contributed by atoms with E-state index >= 15 is 0 Å². The quantitative estimate of drug-likeness (QED) is 0.774. The summed E-state index contributed by atoms with van der Waals surface area (Å²) >= 11 is 0. The predicted molar refractivity (Wildman–Crippen MR) is 95.3 cm³/mol. The van der Waals surface area contributed by atoms with Crippen LogP contribution in [0, 0.1) is 0 Å². The molecular formula is C19H19N3O. The van der Waals surface area contributed by atoms with Crippen molar-refractivity contribution >= 4 is 5.91 Å². The molecule has 1 rings (SSSR count). The van der Waals surface area contributed by atoms with E-state index in [-0.39, 0.29) is 5.57 Å². The van der Waals surface area contributed by atoms with Gasteiger partial charge in [-0.25, -0.2) is 0 Å². The van der Waals surface area contributed by atoms with Crippen molar-refractivity contribution < 1.29 is 4.79 Å². The Kier molecular flexibility index (Phi) is 9.64. The van der Waals surface area contributed by atoms with Crippen LogP contribution in [0.1, 0.15) is 0 Å². The molecule has 0 fully saturated rings. The van der Waals surface area contributed by atoms with Crippen LogP contribution in [-0.4, -0.2) is 5.91 Å². The average Bonchev–Trinajstić information content (AvgIpc) is 2.53. The van der Waals surface area contributed by atoms with Crippen molar-refractivity contribution in [2.75, 3.05) is 0 Å². The number of rotatable bonds is 1. The summed E-state index contributed by atoms with van der Waals surface area (Å²) < 4.78 is 0. The molecule has 0 radical (unpaired) electrons. The summed E-state index contributed by atoms with van der Waals surface area (Å²) in [5, 5.41) is 7.57. The number of nitrogens with zero attached hydrogens (tertiary/aromatic N) is 2. The van der Waals surface area contributed by atoms with Crippen LogP contribution in [0.15, 0.2) is 119 Å². The molecule has 0 atom stereocenters. The molecule has 1 amide bonds. The van der Waals surface area contributed by atoms with Gasteiger partial charge in [0.25, 0.3) is 0 Å². The lowest BCUT2D eigenvalue weighted by Crippen LogP contribution is -2.12. The summed E-state index contributed by atoms with van der Waals surface area (Å²) in [6.45, 7) is 0. The standard InChI is InChI=1S/C19H19N3O/c20-19(23)18-15-13-11-9-7-5-3-1-2-4-6-8-10-12-14-16-21-22-17-18/h1-17H,(H2,20,23)/b2-1?,3-1-,4-2-,5-3?,6-4?,7-5-,8-6-,9-7?,10-8?,11-9-,12-10-,13-11?,14-12?,15-13-,16-14-,18-15?,18-17+,21-16?,22-17?,22-21-. The van der Waals surface area contributed by atoms with Crippen LogP contribution < -0.4 is 5.73 Å². The Morgan fingerprint density at radius 1 is 0.652 bits per heavy atom. The molecule has 0 spiro atoms. The molecule has 0 saturated carbocycles. The second-order valence-corrected chi connectivity index (χ2v) is 4.19. The molecule has 0 unspecified atom stereocenters. The van der Waals surface area contributed by atoms with Gasteiger partial charge >= 0.3 is 0 Å². The Bertz CT molecular complexity index is 667. The third kappa shape index (κ3) is 10.1. The van der Waals surface area contributed by atoms with Crippen LogP contribution in [0.5, 0.6) is 0 Å². The van der Waals surface area contributed by atoms with Gasteiger partial charge in [0.1, 0.15) is 0 Å². The van der Waals surface area contributed by atoms with Crippen LogP contribution in [0.4, 0.5) is 0 Å². The summed E-state index contributed by atoms with van der Waals surface area (Å²) in [7, 11) is 0. The molecule has 1 heterocycles. The molecule has 0 aromatic rings. The van der Waals surface area contributed by atoms with E-state index < -0.39 is 5.91 Å². The van der Waals surface area contributed by atoms with Gasteiger partial charge in [0.15, 0.2) is 0 Å². The maximum atomic E-state index is 11.3. The van der Waals surface area contributed by atoms with Crippen LogP contribution >= 0.6 is 0 Å². The lowest BCUT2D eigenvalue weighted by Gasteiger charge is -1.90. The van der Waals surface area contributed by atoms with Gasteiger partial charge in [-0.2, -0.15) is 10.2 Å². The molecule has 1 aliphatic heterocycles. The number of primary amides is 1. The van der Waals surface area contributed by atoms with Gasteiger partial charge in [-0.15, -0.1) is 0 Å². The Labute approximate surface area is 136 Å². The smallest absolute Gasteiger partial charge is 0.250 e. The summed E-state index contributed by atoms with van der Waals surface area (Å²) in [4.78, 5) is 11.3. The topological polar surface area (TPSA) is 67.8 Å². The number of carbonyl (C=O) groups excluding carboxylic acids is 1. The molecule has 23 heavy (non-hydrogen) atoms. The monoisotopic (exact) mass is 305 g/mol. The molecule has 4 nitrogen and oxygen atoms in total. The van der Waals surface area contributed by atoms with E-state index in [1.54, 1.807) is 24.3 Å². The minimum absolute atomic E-state index is 0.272. The summed E-state index contributed by atoms with van der Waals surface area (Å²) in [5.74, 6) is -0.560. The first-order valence-corrected chi connectivity index (χ1v) is 7.04. The van der Waals surface area contributed by atoms with Crippen LogP contribution in [0.2, 0.25) is 0 Å². The molecule has 0 aromatic carbocycles. The number of carbonyl (C=O) groups is 1. The fourth-order valence-corrected chi connectivity index (χ4v) is 1.34. The van der Waals surface area contributed by atoms with Crippen molar-refractivity contribution in [3.05, 3.63) is 109 Å². The lowest BCUT2D eigenvalue weighted by atomic mass is 10.2. The minimum Gasteiger partial charge on any atom is -0.366 e. The van der Waals surface area contributed by atoms with Crippen molar-refractivity contribution in [3.63, 3.8) is 0 Å². The summed E-state index contributed by atoms with van der Waals surface area (Å²) in [5.41, 5.74) is 5.54. The zero-order chi connectivity index (χ0) is 16.6. The van der Waals surface area contributed by atoms with E-state index in [1.807, 2.05) is 66.8 Å². The van der Waals surface area contributed by atoms with Gasteiger partial charge in [0.05, 0.1) is 11.8 Å². The molecular weight excluding hydrogens is 286 g/mol. The SMILES string of the molecule is NC(=O)C1=C/N=N\C=C/C=C\C=C/C=C\C=C/C=C\C=C/C=C\1. The van der Waals surface area contributed by atoms with E-state index in [2.05, 4.69) is 10.2 Å². The maximum absolute atomic E-state index is 11.3. The zero-order valence-corrected chi connectivity index (χ0v) is 12.7. The van der Waals surface area contributed by atoms with Gasteiger partial charge in [0, 0.05) is 6.20 Å². The van der Waals surface area contributed by atoms with Gasteiger partial charge in [-0.05, 0) is 12.2 Å². The van der Waals surface area contributed by atoms with Gasteiger partial charge in [0.2, 0.25) is 5.91 Å². The average molecular weight is 305 g/mol. The number of hydrogen-bond acceptors (Lipinski definition) is 3. The highest BCUT2D eigenvalue weighted by atomic mass is 16.1. The molecule has 0 bridgehead atoms. The number of azo groups is 1. The molecule has 0 aromatic heterocycles. The van der Waals surface area contributed by atoms with Crippen molar-refractivity contribution in [2.24, 2.45) is 16.0 Å². The first kappa shape index (κ1) is 17.8. The lowest BCUT2D eigenvalue weighted by molar-refractivity contribution is -0.114. The second kappa shape index (κ2) is 12.5. The fraction of sp³-hybridized carbons (Fsp3) is 0. The van der Waals surface area contributed by atoms with Gasteiger partial charge in [-0.1, -0.05) is 79.0 Å². The van der Waals surface area contributed by atoms with E-state index in [9.17, 15) is 4.79 Å². The Hall–Kier alpha value is -3.27. The van der Waals surface area contributed by atoms with Crippen molar-refractivity contribution in [2.45, 2.75) is 0 Å². The molecule has 1 aliphatic rings. The third-order valence-corrected chi connectivity index (χ3v) is 2.42.